The summed E-state index contributed by atoms with van der Waals surface area (Å²) >= 11 is 0. The number of fused-ring (bicyclic) bond motifs is 1. The molecule has 0 spiro atoms. The SMILES string of the molecule is Nc1cc(NC(=O)c2cc(F)cc(C(F)(F)F)c2)c2c3c1CCN3C(=O)NC2c1cccc2ccccc12. The van der Waals surface area contributed by atoms with Crippen molar-refractivity contribution in [1.29, 1.82) is 0 Å². The minimum Gasteiger partial charge on any atom is -0.398 e. The molecule has 2 aliphatic rings. The molecule has 1 atom stereocenters. The lowest BCUT2D eigenvalue weighted by Crippen LogP contribution is -2.46. The van der Waals surface area contributed by atoms with Gasteiger partial charge in [0.1, 0.15) is 5.82 Å². The third-order valence-electron chi connectivity index (χ3n) is 7.01. The Balaban J connectivity index is 1.51. The van der Waals surface area contributed by atoms with Gasteiger partial charge in [-0.15, -0.1) is 0 Å². The Kier molecular flexibility index (Phi) is 5.30. The van der Waals surface area contributed by atoms with Crippen LogP contribution in [0.5, 0.6) is 0 Å². The van der Waals surface area contributed by atoms with Crippen LogP contribution in [0.4, 0.5) is 39.4 Å². The zero-order valence-corrected chi connectivity index (χ0v) is 19.7. The van der Waals surface area contributed by atoms with E-state index in [9.17, 15) is 27.2 Å². The first-order valence-corrected chi connectivity index (χ1v) is 11.8. The fourth-order valence-corrected chi connectivity index (χ4v) is 5.34. The van der Waals surface area contributed by atoms with Crippen LogP contribution in [0, 0.1) is 5.82 Å². The molecular weight excluding hydrogens is 500 g/mol. The van der Waals surface area contributed by atoms with Crippen LogP contribution in [0.25, 0.3) is 10.8 Å². The molecular formula is C28H20F4N4O2. The van der Waals surface area contributed by atoms with Gasteiger partial charge in [-0.25, -0.2) is 9.18 Å². The van der Waals surface area contributed by atoms with Crippen LogP contribution >= 0.6 is 0 Å². The molecule has 0 saturated heterocycles. The number of nitrogens with two attached hydrogens (primary N) is 1. The third-order valence-corrected chi connectivity index (χ3v) is 7.01. The first-order chi connectivity index (χ1) is 18.1. The van der Waals surface area contributed by atoms with E-state index in [4.69, 9.17) is 5.73 Å². The van der Waals surface area contributed by atoms with Gasteiger partial charge in [0.2, 0.25) is 0 Å². The van der Waals surface area contributed by atoms with Crippen molar-refractivity contribution >= 4 is 39.8 Å². The molecule has 6 nitrogen and oxygen atoms in total. The first-order valence-electron chi connectivity index (χ1n) is 11.8. The molecule has 0 fully saturated rings. The maximum absolute atomic E-state index is 14.0. The lowest BCUT2D eigenvalue weighted by molar-refractivity contribution is -0.137. The highest BCUT2D eigenvalue weighted by atomic mass is 19.4. The smallest absolute Gasteiger partial charge is 0.398 e. The van der Waals surface area contributed by atoms with Crippen LogP contribution < -0.4 is 21.3 Å². The number of amides is 3. The predicted octanol–water partition coefficient (Wildman–Crippen LogP) is 6.01. The molecule has 0 bridgehead atoms. The minimum absolute atomic E-state index is 0.217. The van der Waals surface area contributed by atoms with Gasteiger partial charge < -0.3 is 16.4 Å². The van der Waals surface area contributed by atoms with Crippen molar-refractivity contribution < 1.29 is 27.2 Å². The first kappa shape index (κ1) is 23.8. The van der Waals surface area contributed by atoms with Gasteiger partial charge in [-0.1, -0.05) is 42.5 Å². The number of alkyl halides is 3. The van der Waals surface area contributed by atoms with E-state index in [0.29, 0.717) is 42.0 Å². The molecule has 6 rings (SSSR count). The highest BCUT2D eigenvalue weighted by molar-refractivity contribution is 6.08. The number of urea groups is 1. The standard InChI is InChI=1S/C28H20F4N4O2/c29-17-11-15(10-16(12-17)28(30,31)32)26(37)34-22-13-21(33)20-8-9-36-25(20)23(22)24(35-27(36)38)19-7-3-5-14-4-1-2-6-18(14)19/h1-7,10-13,24H,8-9,33H2,(H,34,37)(H,35,38). The predicted molar refractivity (Wildman–Crippen MR) is 136 cm³/mol. The number of anilines is 3. The fourth-order valence-electron chi connectivity index (χ4n) is 5.34. The number of nitrogen functional groups attached to an aromatic ring is 1. The van der Waals surface area contributed by atoms with E-state index in [1.165, 1.54) is 6.07 Å². The van der Waals surface area contributed by atoms with Crippen LogP contribution in [0.3, 0.4) is 0 Å². The highest BCUT2D eigenvalue weighted by Gasteiger charge is 2.40. The summed E-state index contributed by atoms with van der Waals surface area (Å²) < 4.78 is 53.8. The number of nitrogens with zero attached hydrogens (tertiary/aromatic N) is 1. The van der Waals surface area contributed by atoms with Crippen molar-refractivity contribution in [1.82, 2.24) is 5.32 Å². The summed E-state index contributed by atoms with van der Waals surface area (Å²) in [6, 6.07) is 15.5. The molecule has 2 aliphatic heterocycles. The van der Waals surface area contributed by atoms with Gasteiger partial charge in [-0.2, -0.15) is 13.2 Å². The highest BCUT2D eigenvalue weighted by Crippen LogP contribution is 2.48. The third kappa shape index (κ3) is 3.80. The van der Waals surface area contributed by atoms with Crippen LogP contribution in [0.2, 0.25) is 0 Å². The monoisotopic (exact) mass is 520 g/mol. The molecule has 4 N–H and O–H groups in total. The second-order valence-corrected chi connectivity index (χ2v) is 9.29. The number of nitrogens with one attached hydrogen (secondary N) is 2. The van der Waals surface area contributed by atoms with E-state index in [1.807, 2.05) is 42.5 Å². The quantitative estimate of drug-likeness (QED) is 0.229. The van der Waals surface area contributed by atoms with Crippen LogP contribution in [0.15, 0.2) is 66.7 Å². The van der Waals surface area contributed by atoms with Crippen molar-refractivity contribution in [2.75, 3.05) is 22.5 Å². The van der Waals surface area contributed by atoms with E-state index in [-0.39, 0.29) is 11.7 Å². The molecule has 3 amide bonds. The molecule has 192 valence electrons. The molecule has 4 aromatic rings. The summed E-state index contributed by atoms with van der Waals surface area (Å²) in [5, 5.41) is 7.48. The topological polar surface area (TPSA) is 87.5 Å². The second-order valence-electron chi connectivity index (χ2n) is 9.29. The van der Waals surface area contributed by atoms with Gasteiger partial charge in [-0.05, 0) is 47.0 Å². The summed E-state index contributed by atoms with van der Waals surface area (Å²) in [6.45, 7) is 0.386. The summed E-state index contributed by atoms with van der Waals surface area (Å²) in [5.74, 6) is -2.13. The summed E-state index contributed by atoms with van der Waals surface area (Å²) in [5.41, 5.74) is 7.74. The summed E-state index contributed by atoms with van der Waals surface area (Å²) in [7, 11) is 0. The molecule has 0 radical (unpaired) electrons. The molecule has 4 aromatic carbocycles. The van der Waals surface area contributed by atoms with Gasteiger partial charge in [-0.3, -0.25) is 9.69 Å². The molecule has 38 heavy (non-hydrogen) atoms. The van der Waals surface area contributed by atoms with Gasteiger partial charge in [0, 0.05) is 28.9 Å². The Morgan fingerprint density at radius 1 is 1.05 bits per heavy atom. The zero-order chi connectivity index (χ0) is 26.8. The average molecular weight is 520 g/mol. The van der Waals surface area contributed by atoms with Gasteiger partial charge in [0.05, 0.1) is 23.0 Å². The molecule has 10 heteroatoms. The van der Waals surface area contributed by atoms with Crippen molar-refractivity contribution in [3.05, 3.63) is 100 Å². The van der Waals surface area contributed by atoms with Crippen LogP contribution in [0.1, 0.15) is 38.7 Å². The zero-order valence-electron chi connectivity index (χ0n) is 19.7. The Labute approximate surface area is 214 Å². The Morgan fingerprint density at radius 3 is 2.61 bits per heavy atom. The van der Waals surface area contributed by atoms with Gasteiger partial charge in [0.25, 0.3) is 5.91 Å². The summed E-state index contributed by atoms with van der Waals surface area (Å²) in [6.07, 6.45) is -4.32. The minimum atomic E-state index is -4.83. The molecule has 0 saturated carbocycles. The lowest BCUT2D eigenvalue weighted by atomic mass is 9.88. The Morgan fingerprint density at radius 2 is 1.82 bits per heavy atom. The van der Waals surface area contributed by atoms with Crippen LogP contribution in [-0.2, 0) is 12.6 Å². The summed E-state index contributed by atoms with van der Waals surface area (Å²) in [4.78, 5) is 27.8. The fraction of sp³-hybridized carbons (Fsp3) is 0.143. The largest absolute Gasteiger partial charge is 0.416 e. The van der Waals surface area contributed by atoms with Crippen molar-refractivity contribution in [2.45, 2.75) is 18.6 Å². The lowest BCUT2D eigenvalue weighted by Gasteiger charge is -2.35. The average Bonchev–Trinajstić information content (AvgIpc) is 3.33. The molecule has 2 heterocycles. The maximum Gasteiger partial charge on any atom is 0.416 e. The Hall–Kier alpha value is -4.60. The van der Waals surface area contributed by atoms with Gasteiger partial charge >= 0.3 is 12.2 Å². The molecule has 1 unspecified atom stereocenters. The maximum atomic E-state index is 14.0. The van der Waals surface area contributed by atoms with E-state index >= 15 is 0 Å². The number of carbonyl (C=O) groups is 2. The van der Waals surface area contributed by atoms with Crippen molar-refractivity contribution in [2.24, 2.45) is 0 Å². The normalized spacial score (nSPS) is 16.4. The van der Waals surface area contributed by atoms with Crippen LogP contribution in [-0.4, -0.2) is 18.5 Å². The van der Waals surface area contributed by atoms with E-state index in [2.05, 4.69) is 10.6 Å². The van der Waals surface area contributed by atoms with Gasteiger partial charge in [0.15, 0.2) is 0 Å². The molecule has 0 aromatic heterocycles. The van der Waals surface area contributed by atoms with Crippen molar-refractivity contribution in [3.8, 4) is 0 Å². The van der Waals surface area contributed by atoms with E-state index in [1.54, 1.807) is 4.90 Å². The van der Waals surface area contributed by atoms with Crippen molar-refractivity contribution in [3.63, 3.8) is 0 Å². The number of hydrogen-bond acceptors (Lipinski definition) is 3. The van der Waals surface area contributed by atoms with E-state index in [0.717, 1.165) is 28.0 Å². The number of hydrogen-bond donors (Lipinski definition) is 3. The second kappa shape index (κ2) is 8.47. The molecule has 0 aliphatic carbocycles. The Bertz CT molecular complexity index is 1650. The number of benzene rings is 4. The number of halogens is 4. The number of carbonyl (C=O) groups excluding carboxylic acids is 2. The number of rotatable bonds is 3. The van der Waals surface area contributed by atoms with E-state index < -0.39 is 35.1 Å².